The number of nitrogens with zero attached hydrogens (tertiary/aromatic N) is 2. The van der Waals surface area contributed by atoms with E-state index in [1.807, 2.05) is 0 Å². The maximum Gasteiger partial charge on any atom is 0.214 e. The lowest BCUT2D eigenvalue weighted by molar-refractivity contribution is -0.893. The lowest BCUT2D eigenvalue weighted by Crippen LogP contribution is -2.56. The van der Waals surface area contributed by atoms with Crippen molar-refractivity contribution < 1.29 is 12.9 Å². The van der Waals surface area contributed by atoms with E-state index in [1.165, 1.54) is 38.5 Å². The molecule has 0 aromatic rings. The van der Waals surface area contributed by atoms with Crippen molar-refractivity contribution in [2.45, 2.75) is 58.3 Å². The molecule has 0 spiro atoms. The zero-order valence-electron chi connectivity index (χ0n) is 14.3. The maximum atomic E-state index is 12.3. The van der Waals surface area contributed by atoms with Gasteiger partial charge in [-0.3, -0.25) is 0 Å². The van der Waals surface area contributed by atoms with Crippen LogP contribution in [0.4, 0.5) is 0 Å². The second-order valence-electron chi connectivity index (χ2n) is 7.07. The third-order valence-electron chi connectivity index (χ3n) is 4.56. The molecule has 0 atom stereocenters. The molecular weight excluding hydrogens is 284 g/mol. The van der Waals surface area contributed by atoms with Crippen LogP contribution in [0.2, 0.25) is 0 Å². The third kappa shape index (κ3) is 7.61. The van der Waals surface area contributed by atoms with Crippen molar-refractivity contribution >= 4 is 10.0 Å². The average Bonchev–Trinajstić information content (AvgIpc) is 2.41. The van der Waals surface area contributed by atoms with Crippen molar-refractivity contribution in [2.75, 3.05) is 46.0 Å². The van der Waals surface area contributed by atoms with E-state index in [0.29, 0.717) is 18.8 Å². The fourth-order valence-electron chi connectivity index (χ4n) is 2.81. The Morgan fingerprint density at radius 1 is 0.857 bits per heavy atom. The smallest absolute Gasteiger partial charge is 0.214 e. The molecule has 0 radical (unpaired) electrons. The molecular formula is C16H35N2O2S+. The number of unbranched alkanes of at least 4 members (excludes halogenated alkanes) is 7. The van der Waals surface area contributed by atoms with Gasteiger partial charge in [0.25, 0.3) is 0 Å². The second-order valence-corrected chi connectivity index (χ2v) is 9.16. The first-order valence-corrected chi connectivity index (χ1v) is 10.3. The van der Waals surface area contributed by atoms with Crippen LogP contribution in [0.25, 0.3) is 0 Å². The fourth-order valence-corrected chi connectivity index (χ4v) is 4.36. The Morgan fingerprint density at radius 2 is 1.33 bits per heavy atom. The summed E-state index contributed by atoms with van der Waals surface area (Å²) in [7, 11) is 1.33. The maximum absolute atomic E-state index is 12.3. The van der Waals surface area contributed by atoms with Gasteiger partial charge in [0.05, 0.1) is 46.0 Å². The summed E-state index contributed by atoms with van der Waals surface area (Å²) in [6.07, 6.45) is 9.57. The van der Waals surface area contributed by atoms with Gasteiger partial charge in [0.15, 0.2) is 0 Å². The molecule has 0 aromatic heterocycles. The van der Waals surface area contributed by atoms with Gasteiger partial charge in [0.2, 0.25) is 10.0 Å². The van der Waals surface area contributed by atoms with Gasteiger partial charge in [-0.05, 0) is 6.42 Å². The highest BCUT2D eigenvalue weighted by Crippen LogP contribution is 2.14. The normalized spacial score (nSPS) is 19.8. The van der Waals surface area contributed by atoms with E-state index < -0.39 is 10.0 Å². The van der Waals surface area contributed by atoms with Crippen LogP contribution in [0, 0.1) is 0 Å². The molecule has 126 valence electrons. The zero-order chi connectivity index (χ0) is 15.8. The van der Waals surface area contributed by atoms with Gasteiger partial charge in [-0.1, -0.05) is 51.9 Å². The van der Waals surface area contributed by atoms with Gasteiger partial charge in [-0.25, -0.2) is 8.42 Å². The van der Waals surface area contributed by atoms with Crippen LogP contribution in [-0.2, 0) is 10.0 Å². The Bertz CT molecular complexity index is 370. The SMILES string of the molecule is CCCCCCCCCCS(=O)(=O)N1CC[N+](C)(C)CC1. The Kier molecular flexibility index (Phi) is 8.21. The number of piperazine rings is 1. The molecule has 1 rings (SSSR count). The molecule has 0 bridgehead atoms. The van der Waals surface area contributed by atoms with Crippen LogP contribution in [0.1, 0.15) is 58.3 Å². The minimum atomic E-state index is -3.01. The molecule has 1 aliphatic heterocycles. The molecule has 1 saturated heterocycles. The molecule has 1 aliphatic rings. The predicted molar refractivity (Wildman–Crippen MR) is 89.8 cm³/mol. The highest BCUT2D eigenvalue weighted by atomic mass is 32.2. The van der Waals surface area contributed by atoms with Crippen LogP contribution in [-0.4, -0.2) is 63.2 Å². The number of hydrogen-bond acceptors (Lipinski definition) is 2. The topological polar surface area (TPSA) is 37.4 Å². The molecule has 1 fully saturated rings. The minimum absolute atomic E-state index is 0.343. The Balaban J connectivity index is 2.13. The summed E-state index contributed by atoms with van der Waals surface area (Å²) < 4.78 is 27.2. The Morgan fingerprint density at radius 3 is 1.86 bits per heavy atom. The molecule has 5 heteroatoms. The Hall–Kier alpha value is -0.130. The van der Waals surface area contributed by atoms with Crippen molar-refractivity contribution in [1.29, 1.82) is 0 Å². The van der Waals surface area contributed by atoms with Crippen LogP contribution >= 0.6 is 0 Å². The third-order valence-corrected chi connectivity index (χ3v) is 6.52. The first-order chi connectivity index (χ1) is 9.87. The lowest BCUT2D eigenvalue weighted by atomic mass is 10.1. The molecule has 1 heterocycles. The van der Waals surface area contributed by atoms with Crippen LogP contribution in [0.3, 0.4) is 0 Å². The molecule has 0 aliphatic carbocycles. The molecule has 21 heavy (non-hydrogen) atoms. The lowest BCUT2D eigenvalue weighted by Gasteiger charge is -2.38. The van der Waals surface area contributed by atoms with Crippen LogP contribution in [0.15, 0.2) is 0 Å². The highest BCUT2D eigenvalue weighted by molar-refractivity contribution is 7.89. The van der Waals surface area contributed by atoms with Crippen molar-refractivity contribution in [2.24, 2.45) is 0 Å². The number of sulfonamides is 1. The summed E-state index contributed by atoms with van der Waals surface area (Å²) in [5.41, 5.74) is 0. The van der Waals surface area contributed by atoms with Gasteiger partial charge in [0, 0.05) is 0 Å². The molecule has 0 unspecified atom stereocenters. The monoisotopic (exact) mass is 319 g/mol. The van der Waals surface area contributed by atoms with Gasteiger partial charge >= 0.3 is 0 Å². The van der Waals surface area contributed by atoms with Gasteiger partial charge < -0.3 is 4.48 Å². The van der Waals surface area contributed by atoms with E-state index in [1.54, 1.807) is 4.31 Å². The fraction of sp³-hybridized carbons (Fsp3) is 1.00. The van der Waals surface area contributed by atoms with E-state index in [0.717, 1.165) is 30.4 Å². The molecule has 0 aromatic carbocycles. The Labute approximate surface area is 132 Å². The number of likely N-dealkylation sites (N-methyl/N-ethyl adjacent to an activating group) is 1. The van der Waals surface area contributed by atoms with Crippen molar-refractivity contribution in [3.05, 3.63) is 0 Å². The molecule has 0 amide bonds. The van der Waals surface area contributed by atoms with Gasteiger partial charge in [-0.15, -0.1) is 0 Å². The number of quaternary nitrogens is 1. The van der Waals surface area contributed by atoms with E-state index >= 15 is 0 Å². The average molecular weight is 320 g/mol. The summed E-state index contributed by atoms with van der Waals surface area (Å²) in [6.45, 7) is 5.46. The molecule has 0 N–H and O–H groups in total. The van der Waals surface area contributed by atoms with Crippen LogP contribution < -0.4 is 0 Å². The largest absolute Gasteiger partial charge is 0.326 e. The van der Waals surface area contributed by atoms with E-state index in [4.69, 9.17) is 0 Å². The van der Waals surface area contributed by atoms with Crippen molar-refractivity contribution in [3.63, 3.8) is 0 Å². The molecule has 4 nitrogen and oxygen atoms in total. The number of hydrogen-bond donors (Lipinski definition) is 0. The summed E-state index contributed by atoms with van der Waals surface area (Å²) in [5, 5.41) is 0. The number of rotatable bonds is 10. The molecule has 0 saturated carbocycles. The van der Waals surface area contributed by atoms with E-state index in [-0.39, 0.29) is 0 Å². The summed E-state index contributed by atoms with van der Waals surface area (Å²) in [6, 6.07) is 0. The highest BCUT2D eigenvalue weighted by Gasteiger charge is 2.31. The van der Waals surface area contributed by atoms with Crippen molar-refractivity contribution in [1.82, 2.24) is 4.31 Å². The van der Waals surface area contributed by atoms with Gasteiger partial charge in [-0.2, -0.15) is 4.31 Å². The summed E-state index contributed by atoms with van der Waals surface area (Å²) in [4.78, 5) is 0. The first kappa shape index (κ1) is 18.9. The van der Waals surface area contributed by atoms with E-state index in [9.17, 15) is 8.42 Å². The summed E-state index contributed by atoms with van der Waals surface area (Å²) >= 11 is 0. The minimum Gasteiger partial charge on any atom is -0.326 e. The van der Waals surface area contributed by atoms with Gasteiger partial charge in [0.1, 0.15) is 0 Å². The first-order valence-electron chi connectivity index (χ1n) is 8.67. The van der Waals surface area contributed by atoms with Crippen LogP contribution in [0.5, 0.6) is 0 Å². The zero-order valence-corrected chi connectivity index (χ0v) is 15.1. The van der Waals surface area contributed by atoms with Crippen molar-refractivity contribution in [3.8, 4) is 0 Å². The summed E-state index contributed by atoms with van der Waals surface area (Å²) in [5.74, 6) is 0.343. The standard InChI is InChI=1S/C16H35N2O2S/c1-4-5-6-7-8-9-10-11-16-21(19,20)17-12-14-18(2,3)15-13-17/h4-16H2,1-3H3/q+1. The quantitative estimate of drug-likeness (QED) is 0.459. The predicted octanol–water partition coefficient (Wildman–Crippen LogP) is 2.85. The second kappa shape index (κ2) is 9.11. The van der Waals surface area contributed by atoms with E-state index in [2.05, 4.69) is 21.0 Å².